The number of carboxylic acid groups (broad SMARTS) is 1. The number of rotatable bonds is 7. The lowest BCUT2D eigenvalue weighted by Gasteiger charge is -2.11. The van der Waals surface area contributed by atoms with Crippen LogP contribution in [0.3, 0.4) is 0 Å². The van der Waals surface area contributed by atoms with Gasteiger partial charge in [-0.15, -0.1) is 0 Å². The third-order valence-electron chi connectivity index (χ3n) is 4.15. The van der Waals surface area contributed by atoms with Crippen molar-refractivity contribution in [2.45, 2.75) is 6.61 Å². The largest absolute Gasteiger partial charge is 0.496 e. The summed E-state index contributed by atoms with van der Waals surface area (Å²) in [4.78, 5) is 11.5. The van der Waals surface area contributed by atoms with Crippen molar-refractivity contribution in [1.82, 2.24) is 0 Å². The minimum absolute atomic E-state index is 0.157. The lowest BCUT2D eigenvalue weighted by molar-refractivity contribution is 0.0696. The topological polar surface area (TPSA) is 55.8 Å². The Morgan fingerprint density at radius 3 is 2.50 bits per heavy atom. The van der Waals surface area contributed by atoms with E-state index in [1.165, 1.54) is 13.2 Å². The molecule has 142 valence electrons. The number of carboxylic acids is 1. The molecule has 0 spiro atoms. The van der Waals surface area contributed by atoms with Gasteiger partial charge in [-0.05, 0) is 42.0 Å². The van der Waals surface area contributed by atoms with Gasteiger partial charge in [0.1, 0.15) is 18.1 Å². The molecule has 0 bridgehead atoms. The van der Waals surface area contributed by atoms with E-state index in [4.69, 9.17) is 21.1 Å². The number of methoxy groups -OCH3 is 1. The second-order valence-corrected chi connectivity index (χ2v) is 6.45. The molecule has 0 fully saturated rings. The first-order chi connectivity index (χ1) is 13.6. The highest BCUT2D eigenvalue weighted by atomic mass is 35.5. The van der Waals surface area contributed by atoms with Gasteiger partial charge in [0.05, 0.1) is 12.7 Å². The Hall–Kier alpha value is -3.24. The van der Waals surface area contributed by atoms with Crippen molar-refractivity contribution < 1.29 is 19.4 Å². The predicted octanol–water partition coefficient (Wildman–Crippen LogP) is 5.80. The summed E-state index contributed by atoms with van der Waals surface area (Å²) in [6.45, 7) is 0.415. The van der Waals surface area contributed by atoms with Gasteiger partial charge in [-0.1, -0.05) is 54.1 Å². The summed E-state index contributed by atoms with van der Waals surface area (Å²) in [6.07, 6.45) is 3.47. The first-order valence-electron chi connectivity index (χ1n) is 8.63. The maximum absolute atomic E-state index is 11.5. The molecule has 0 unspecified atom stereocenters. The predicted molar refractivity (Wildman–Crippen MR) is 111 cm³/mol. The van der Waals surface area contributed by atoms with E-state index in [0.29, 0.717) is 28.7 Å². The molecule has 0 saturated carbocycles. The molecular weight excluding hydrogens is 376 g/mol. The van der Waals surface area contributed by atoms with Crippen LogP contribution in [0.25, 0.3) is 12.2 Å². The fourth-order valence-corrected chi connectivity index (χ4v) is 2.95. The van der Waals surface area contributed by atoms with E-state index in [1.54, 1.807) is 42.5 Å². The highest BCUT2D eigenvalue weighted by molar-refractivity contribution is 6.30. The maximum Gasteiger partial charge on any atom is 0.336 e. The van der Waals surface area contributed by atoms with Crippen LogP contribution in [0.2, 0.25) is 5.02 Å². The zero-order chi connectivity index (χ0) is 19.9. The Balaban J connectivity index is 1.92. The van der Waals surface area contributed by atoms with E-state index >= 15 is 0 Å². The summed E-state index contributed by atoms with van der Waals surface area (Å²) in [7, 11) is 1.51. The number of halogens is 1. The molecule has 28 heavy (non-hydrogen) atoms. The van der Waals surface area contributed by atoms with Crippen molar-refractivity contribution >= 4 is 29.7 Å². The van der Waals surface area contributed by atoms with Crippen LogP contribution >= 0.6 is 11.6 Å². The molecule has 0 saturated heterocycles. The standard InChI is InChI=1S/C23H19ClO4/c1-27-22-9-5-8-20(23(25)26)19(22)12-10-17-14-18(24)11-13-21(17)28-15-16-6-3-2-4-7-16/h2-14H,15H2,1H3,(H,25,26). The normalized spacial score (nSPS) is 10.8. The van der Waals surface area contributed by atoms with Crippen molar-refractivity contribution in [2.24, 2.45) is 0 Å². The van der Waals surface area contributed by atoms with E-state index in [-0.39, 0.29) is 5.56 Å². The summed E-state index contributed by atoms with van der Waals surface area (Å²) >= 11 is 6.15. The minimum atomic E-state index is -1.02. The summed E-state index contributed by atoms with van der Waals surface area (Å²) in [6, 6.07) is 20.1. The lowest BCUT2D eigenvalue weighted by atomic mass is 10.0. The number of aromatic carboxylic acids is 1. The van der Waals surface area contributed by atoms with E-state index < -0.39 is 5.97 Å². The fraction of sp³-hybridized carbons (Fsp3) is 0.0870. The van der Waals surface area contributed by atoms with E-state index in [9.17, 15) is 9.90 Å². The molecule has 0 aliphatic carbocycles. The number of carbonyl (C=O) groups is 1. The fourth-order valence-electron chi connectivity index (χ4n) is 2.77. The molecule has 0 radical (unpaired) electrons. The van der Waals surface area contributed by atoms with Gasteiger partial charge in [-0.2, -0.15) is 0 Å². The third-order valence-corrected chi connectivity index (χ3v) is 4.39. The Morgan fingerprint density at radius 1 is 1.00 bits per heavy atom. The average molecular weight is 395 g/mol. The average Bonchev–Trinajstić information content (AvgIpc) is 2.71. The smallest absolute Gasteiger partial charge is 0.336 e. The molecule has 0 aliphatic heterocycles. The first-order valence-corrected chi connectivity index (χ1v) is 9.01. The lowest BCUT2D eigenvalue weighted by Crippen LogP contribution is -2.01. The van der Waals surface area contributed by atoms with Gasteiger partial charge in [-0.3, -0.25) is 0 Å². The quantitative estimate of drug-likeness (QED) is 0.515. The maximum atomic E-state index is 11.5. The Bertz CT molecular complexity index is 997. The number of benzene rings is 3. The molecule has 3 rings (SSSR count). The van der Waals surface area contributed by atoms with Crippen LogP contribution in [-0.2, 0) is 6.61 Å². The SMILES string of the molecule is COc1cccc(C(=O)O)c1C=Cc1cc(Cl)ccc1OCc1ccccc1. The molecule has 1 N–H and O–H groups in total. The van der Waals surface area contributed by atoms with E-state index in [0.717, 1.165) is 11.1 Å². The van der Waals surface area contributed by atoms with Gasteiger partial charge in [0, 0.05) is 16.1 Å². The van der Waals surface area contributed by atoms with Crippen LogP contribution in [0.4, 0.5) is 0 Å². The Morgan fingerprint density at radius 2 is 1.79 bits per heavy atom. The monoisotopic (exact) mass is 394 g/mol. The highest BCUT2D eigenvalue weighted by Gasteiger charge is 2.12. The molecular formula is C23H19ClO4. The molecule has 0 aliphatic rings. The number of hydrogen-bond acceptors (Lipinski definition) is 3. The summed E-state index contributed by atoms with van der Waals surface area (Å²) in [5, 5.41) is 10.0. The van der Waals surface area contributed by atoms with Crippen LogP contribution in [-0.4, -0.2) is 18.2 Å². The van der Waals surface area contributed by atoms with Crippen molar-refractivity contribution in [3.05, 3.63) is 94.0 Å². The third kappa shape index (κ3) is 4.72. The molecule has 3 aromatic rings. The number of hydrogen-bond donors (Lipinski definition) is 1. The van der Waals surface area contributed by atoms with Crippen LogP contribution in [0.1, 0.15) is 27.0 Å². The van der Waals surface area contributed by atoms with Gasteiger partial charge in [-0.25, -0.2) is 4.79 Å². The Labute approximate surface area is 168 Å². The highest BCUT2D eigenvalue weighted by Crippen LogP contribution is 2.29. The Kier molecular flexibility index (Phi) is 6.35. The van der Waals surface area contributed by atoms with E-state index in [2.05, 4.69) is 0 Å². The van der Waals surface area contributed by atoms with E-state index in [1.807, 2.05) is 30.3 Å². The molecule has 0 amide bonds. The van der Waals surface area contributed by atoms with Gasteiger partial charge in [0.25, 0.3) is 0 Å². The van der Waals surface area contributed by atoms with Gasteiger partial charge < -0.3 is 14.6 Å². The molecule has 5 heteroatoms. The molecule has 0 atom stereocenters. The van der Waals surface area contributed by atoms with Crippen LogP contribution in [0, 0.1) is 0 Å². The van der Waals surface area contributed by atoms with Crippen molar-refractivity contribution in [3.8, 4) is 11.5 Å². The molecule has 3 aromatic carbocycles. The van der Waals surface area contributed by atoms with Crippen LogP contribution in [0.15, 0.2) is 66.7 Å². The second-order valence-electron chi connectivity index (χ2n) is 6.02. The molecule has 0 aromatic heterocycles. The molecule has 4 nitrogen and oxygen atoms in total. The van der Waals surface area contributed by atoms with Crippen molar-refractivity contribution in [2.75, 3.05) is 7.11 Å². The zero-order valence-electron chi connectivity index (χ0n) is 15.3. The first kappa shape index (κ1) is 19.5. The number of ether oxygens (including phenoxy) is 2. The zero-order valence-corrected chi connectivity index (χ0v) is 16.0. The van der Waals surface area contributed by atoms with Crippen molar-refractivity contribution in [1.29, 1.82) is 0 Å². The van der Waals surface area contributed by atoms with Gasteiger partial charge >= 0.3 is 5.97 Å². The minimum Gasteiger partial charge on any atom is -0.496 e. The van der Waals surface area contributed by atoms with Gasteiger partial charge in [0.2, 0.25) is 0 Å². The van der Waals surface area contributed by atoms with Gasteiger partial charge in [0.15, 0.2) is 0 Å². The van der Waals surface area contributed by atoms with Crippen molar-refractivity contribution in [3.63, 3.8) is 0 Å². The van der Waals surface area contributed by atoms with Crippen LogP contribution < -0.4 is 9.47 Å². The summed E-state index contributed by atoms with van der Waals surface area (Å²) < 4.78 is 11.3. The summed E-state index contributed by atoms with van der Waals surface area (Å²) in [5.74, 6) is 0.103. The molecule has 0 heterocycles. The second kappa shape index (κ2) is 9.11. The van der Waals surface area contributed by atoms with Crippen LogP contribution in [0.5, 0.6) is 11.5 Å². The summed E-state index contributed by atoms with van der Waals surface area (Å²) in [5.41, 5.74) is 2.42.